The quantitative estimate of drug-likeness (QED) is 0.152. The SMILES string of the molecule is Cc1c(C(C)c2ccc(C(C)(C)C)cc2)c2cc(F)ccc2n1CC(=O)O.Cc1c(C(C)c2ccc(S(C)(=O)=O)cc2)c2cc(F)ccc2n1CC(=O)O. The number of aromatic nitrogens is 2. The first-order valence-electron chi connectivity index (χ1n) is 17.6. The summed E-state index contributed by atoms with van der Waals surface area (Å²) in [5.74, 6) is -2.73. The summed E-state index contributed by atoms with van der Waals surface area (Å²) in [7, 11) is -3.29. The number of carboxylic acid groups (broad SMARTS) is 2. The molecule has 284 valence electrons. The topological polar surface area (TPSA) is 119 Å². The van der Waals surface area contributed by atoms with Gasteiger partial charge in [-0.1, -0.05) is 71.0 Å². The Morgan fingerprint density at radius 2 is 1.04 bits per heavy atom. The lowest BCUT2D eigenvalue weighted by Crippen LogP contribution is -2.11. The van der Waals surface area contributed by atoms with Gasteiger partial charge in [-0.25, -0.2) is 17.2 Å². The molecule has 54 heavy (non-hydrogen) atoms. The molecule has 2 heterocycles. The van der Waals surface area contributed by atoms with Crippen molar-refractivity contribution in [2.45, 2.75) is 83.7 Å². The number of carbonyl (C=O) groups is 2. The normalized spacial score (nSPS) is 13.1. The lowest BCUT2D eigenvalue weighted by molar-refractivity contribution is -0.138. The van der Waals surface area contributed by atoms with Crippen LogP contribution in [0.5, 0.6) is 0 Å². The maximum atomic E-state index is 13.9. The van der Waals surface area contributed by atoms with Gasteiger partial charge in [-0.05, 0) is 95.6 Å². The third kappa shape index (κ3) is 8.26. The monoisotopic (exact) mass is 756 g/mol. The summed E-state index contributed by atoms with van der Waals surface area (Å²) in [6.45, 7) is 13.9. The van der Waals surface area contributed by atoms with Gasteiger partial charge in [-0.2, -0.15) is 0 Å². The average Bonchev–Trinajstić information content (AvgIpc) is 3.51. The Kier molecular flexibility index (Phi) is 11.2. The molecule has 0 spiro atoms. The molecule has 8 nitrogen and oxygen atoms in total. The Balaban J connectivity index is 0.000000208. The highest BCUT2D eigenvalue weighted by Crippen LogP contribution is 2.38. The van der Waals surface area contributed by atoms with Crippen LogP contribution in [0.15, 0.2) is 89.8 Å². The van der Waals surface area contributed by atoms with Gasteiger partial charge in [-0.3, -0.25) is 9.59 Å². The number of rotatable bonds is 9. The van der Waals surface area contributed by atoms with Crippen LogP contribution in [0.25, 0.3) is 21.8 Å². The minimum Gasteiger partial charge on any atom is -0.480 e. The minimum atomic E-state index is -3.29. The van der Waals surface area contributed by atoms with E-state index in [1.165, 1.54) is 29.8 Å². The molecule has 0 aliphatic rings. The third-order valence-electron chi connectivity index (χ3n) is 10.2. The Morgan fingerprint density at radius 3 is 1.37 bits per heavy atom. The van der Waals surface area contributed by atoms with Gasteiger partial charge in [-0.15, -0.1) is 0 Å². The summed E-state index contributed by atoms with van der Waals surface area (Å²) < 4.78 is 54.6. The van der Waals surface area contributed by atoms with E-state index in [2.05, 4.69) is 52.0 Å². The molecule has 6 aromatic rings. The average molecular weight is 757 g/mol. The number of sulfone groups is 1. The van der Waals surface area contributed by atoms with Crippen LogP contribution in [-0.2, 0) is 37.9 Å². The predicted octanol–water partition coefficient (Wildman–Crippen LogP) is 9.35. The smallest absolute Gasteiger partial charge is 0.323 e. The van der Waals surface area contributed by atoms with Crippen LogP contribution < -0.4 is 0 Å². The van der Waals surface area contributed by atoms with Crippen molar-refractivity contribution in [1.29, 1.82) is 0 Å². The molecule has 0 aliphatic heterocycles. The molecular formula is C43H46F2N2O6S. The largest absolute Gasteiger partial charge is 0.480 e. The van der Waals surface area contributed by atoms with Gasteiger partial charge in [0.25, 0.3) is 0 Å². The molecule has 0 amide bonds. The van der Waals surface area contributed by atoms with E-state index in [1.807, 2.05) is 20.8 Å². The first kappa shape index (κ1) is 39.9. The number of aliphatic carboxylic acids is 2. The molecule has 0 saturated carbocycles. The lowest BCUT2D eigenvalue weighted by Gasteiger charge is -2.20. The van der Waals surface area contributed by atoms with E-state index in [9.17, 15) is 37.0 Å². The van der Waals surface area contributed by atoms with Crippen molar-refractivity contribution in [3.63, 3.8) is 0 Å². The van der Waals surface area contributed by atoms with Crippen molar-refractivity contribution in [2.24, 2.45) is 0 Å². The fraction of sp³-hybridized carbons (Fsp3) is 0.302. The van der Waals surface area contributed by atoms with E-state index >= 15 is 0 Å². The molecule has 2 atom stereocenters. The Hall–Kier alpha value is -5.29. The third-order valence-corrected chi connectivity index (χ3v) is 11.3. The molecule has 6 rings (SSSR count). The molecule has 0 saturated heterocycles. The highest BCUT2D eigenvalue weighted by atomic mass is 32.2. The Bertz CT molecular complexity index is 2470. The summed E-state index contributed by atoms with van der Waals surface area (Å²) in [6, 6.07) is 23.9. The van der Waals surface area contributed by atoms with Gasteiger partial charge in [0.1, 0.15) is 24.7 Å². The van der Waals surface area contributed by atoms with E-state index in [0.717, 1.165) is 50.8 Å². The number of nitrogens with zero attached hydrogens (tertiary/aromatic N) is 2. The molecule has 0 fully saturated rings. The number of hydrogen-bond acceptors (Lipinski definition) is 4. The zero-order chi connectivity index (χ0) is 39.9. The van der Waals surface area contributed by atoms with Crippen molar-refractivity contribution in [1.82, 2.24) is 9.13 Å². The van der Waals surface area contributed by atoms with E-state index in [1.54, 1.807) is 45.5 Å². The van der Waals surface area contributed by atoms with E-state index < -0.39 is 27.6 Å². The molecule has 0 bridgehead atoms. The number of benzene rings is 4. The molecule has 4 aromatic carbocycles. The zero-order valence-electron chi connectivity index (χ0n) is 31.7. The summed E-state index contributed by atoms with van der Waals surface area (Å²) in [4.78, 5) is 22.8. The lowest BCUT2D eigenvalue weighted by atomic mass is 9.84. The number of fused-ring (bicyclic) bond motifs is 2. The minimum absolute atomic E-state index is 0.0263. The van der Waals surface area contributed by atoms with Crippen molar-refractivity contribution < 1.29 is 37.0 Å². The number of halogens is 2. The fourth-order valence-corrected chi connectivity index (χ4v) is 7.97. The standard InChI is InChI=1S/C23H26FNO2.C20H20FNO4S/c1-14(16-6-8-17(9-7-16)23(3,4)5)22-15(2)25(13-21(26)27)20-11-10-18(24)12-19(20)22;1-12(14-4-7-16(8-5-14)27(3,25)26)20-13(2)22(11-19(23)24)18-9-6-15(21)10-17(18)20/h6-12,14H,13H2,1-5H3,(H,26,27);4-10,12H,11H2,1-3H3,(H,23,24). The van der Waals surface area contributed by atoms with Crippen LogP contribution in [0.3, 0.4) is 0 Å². The van der Waals surface area contributed by atoms with Crippen molar-refractivity contribution in [2.75, 3.05) is 6.26 Å². The Labute approximate surface area is 314 Å². The molecule has 0 aliphatic carbocycles. The number of hydrogen-bond donors (Lipinski definition) is 2. The van der Waals surface area contributed by atoms with Gasteiger partial charge in [0, 0.05) is 51.3 Å². The molecule has 2 unspecified atom stereocenters. The van der Waals surface area contributed by atoms with E-state index in [0.29, 0.717) is 10.9 Å². The molecule has 11 heteroatoms. The second-order valence-electron chi connectivity index (χ2n) is 14.9. The number of carboxylic acids is 2. The molecular weight excluding hydrogens is 711 g/mol. The molecule has 2 N–H and O–H groups in total. The summed E-state index contributed by atoms with van der Waals surface area (Å²) >= 11 is 0. The van der Waals surface area contributed by atoms with Crippen molar-refractivity contribution in [3.8, 4) is 0 Å². The summed E-state index contributed by atoms with van der Waals surface area (Å²) in [6.07, 6.45) is 1.15. The van der Waals surface area contributed by atoms with Crippen molar-refractivity contribution >= 4 is 43.6 Å². The summed E-state index contributed by atoms with van der Waals surface area (Å²) in [5.41, 5.74) is 8.17. The van der Waals surface area contributed by atoms with Gasteiger partial charge in [0.15, 0.2) is 9.84 Å². The van der Waals surface area contributed by atoms with Gasteiger partial charge < -0.3 is 19.3 Å². The zero-order valence-corrected chi connectivity index (χ0v) is 32.6. The van der Waals surface area contributed by atoms with Crippen LogP contribution in [0.2, 0.25) is 0 Å². The van der Waals surface area contributed by atoms with Gasteiger partial charge in [0.05, 0.1) is 4.90 Å². The van der Waals surface area contributed by atoms with Crippen molar-refractivity contribution in [3.05, 3.63) is 136 Å². The second-order valence-corrected chi connectivity index (χ2v) is 17.0. The molecule has 2 aromatic heterocycles. The molecule has 0 radical (unpaired) electrons. The first-order chi connectivity index (χ1) is 25.2. The van der Waals surface area contributed by atoms with Gasteiger partial charge >= 0.3 is 11.9 Å². The maximum Gasteiger partial charge on any atom is 0.323 e. The Morgan fingerprint density at radius 1 is 0.667 bits per heavy atom. The highest BCUT2D eigenvalue weighted by Gasteiger charge is 2.24. The summed E-state index contributed by atoms with van der Waals surface area (Å²) in [5, 5.41) is 19.9. The van der Waals surface area contributed by atoms with Crippen LogP contribution >= 0.6 is 0 Å². The van der Waals surface area contributed by atoms with E-state index in [4.69, 9.17) is 0 Å². The maximum absolute atomic E-state index is 13.9. The van der Waals surface area contributed by atoms with Crippen LogP contribution in [0, 0.1) is 25.5 Å². The van der Waals surface area contributed by atoms with Gasteiger partial charge in [0.2, 0.25) is 0 Å². The highest BCUT2D eigenvalue weighted by molar-refractivity contribution is 7.90. The second kappa shape index (κ2) is 15.2. The predicted molar refractivity (Wildman–Crippen MR) is 208 cm³/mol. The fourth-order valence-electron chi connectivity index (χ4n) is 7.34. The first-order valence-corrected chi connectivity index (χ1v) is 19.5. The van der Waals surface area contributed by atoms with Crippen LogP contribution in [-0.4, -0.2) is 46.0 Å². The van der Waals surface area contributed by atoms with Crippen LogP contribution in [0.4, 0.5) is 8.78 Å². The van der Waals surface area contributed by atoms with Crippen LogP contribution in [0.1, 0.15) is 85.7 Å². The van der Waals surface area contributed by atoms with E-state index in [-0.39, 0.29) is 41.1 Å².